The molecule has 0 atom stereocenters. The molecule has 0 spiro atoms. The van der Waals surface area contributed by atoms with E-state index in [-0.39, 0.29) is 0 Å². The predicted octanol–water partition coefficient (Wildman–Crippen LogP) is -0.164. The first-order chi connectivity index (χ1) is 6.75. The Labute approximate surface area is 81.4 Å². The number of hydrogen-bond donors (Lipinski definition) is 1. The fourth-order valence-electron chi connectivity index (χ4n) is 1.25. The van der Waals surface area contributed by atoms with E-state index in [0.717, 1.165) is 18.8 Å². The van der Waals surface area contributed by atoms with Crippen molar-refractivity contribution >= 4 is 5.95 Å². The third kappa shape index (κ3) is 1.73. The smallest absolute Gasteiger partial charge is 0.200 e. The van der Waals surface area contributed by atoms with Crippen molar-refractivity contribution in [3.8, 4) is 0 Å². The van der Waals surface area contributed by atoms with Gasteiger partial charge in [0.25, 0.3) is 0 Å². The average Bonchev–Trinajstić information content (AvgIpc) is 2.72. The van der Waals surface area contributed by atoms with Crippen LogP contribution in [0, 0.1) is 0 Å². The predicted molar refractivity (Wildman–Crippen MR) is 51.3 cm³/mol. The lowest BCUT2D eigenvalue weighted by atomic mass is 10.4. The Balaban J connectivity index is 1.98. The van der Waals surface area contributed by atoms with Crippen molar-refractivity contribution in [2.24, 2.45) is 7.05 Å². The van der Waals surface area contributed by atoms with E-state index in [1.807, 2.05) is 17.8 Å². The minimum Gasteiger partial charge on any atom is -0.369 e. The fourth-order valence-corrected chi connectivity index (χ4v) is 1.25. The van der Waals surface area contributed by atoms with Crippen LogP contribution in [0.3, 0.4) is 0 Å². The molecule has 0 aliphatic rings. The van der Waals surface area contributed by atoms with Gasteiger partial charge in [-0.15, -0.1) is 0 Å². The van der Waals surface area contributed by atoms with Crippen molar-refractivity contribution in [1.82, 2.24) is 24.3 Å². The molecule has 0 amide bonds. The molecular formula is C8H12N6. The summed E-state index contributed by atoms with van der Waals surface area (Å²) in [5, 5.41) is 4.17. The average molecular weight is 192 g/mol. The molecular weight excluding hydrogens is 180 g/mol. The maximum atomic E-state index is 5.62. The molecule has 0 radical (unpaired) electrons. The lowest BCUT2D eigenvalue weighted by Gasteiger charge is -2.00. The Bertz CT molecular complexity index is 415. The van der Waals surface area contributed by atoms with Crippen LogP contribution >= 0.6 is 0 Å². The van der Waals surface area contributed by atoms with E-state index < -0.39 is 0 Å². The summed E-state index contributed by atoms with van der Waals surface area (Å²) in [6.07, 6.45) is 5.98. The van der Waals surface area contributed by atoms with Gasteiger partial charge in [0.15, 0.2) is 11.8 Å². The van der Waals surface area contributed by atoms with Crippen LogP contribution in [-0.2, 0) is 20.0 Å². The number of nitrogens with zero attached hydrogens (tertiary/aromatic N) is 5. The van der Waals surface area contributed by atoms with Gasteiger partial charge in [-0.2, -0.15) is 5.10 Å². The van der Waals surface area contributed by atoms with E-state index in [1.165, 1.54) is 0 Å². The van der Waals surface area contributed by atoms with Crippen LogP contribution in [0.2, 0.25) is 0 Å². The van der Waals surface area contributed by atoms with E-state index in [1.54, 1.807) is 17.2 Å². The van der Waals surface area contributed by atoms with E-state index >= 15 is 0 Å². The summed E-state index contributed by atoms with van der Waals surface area (Å²) in [7, 11) is 1.85. The minimum absolute atomic E-state index is 0.529. The van der Waals surface area contributed by atoms with Crippen LogP contribution in [-0.4, -0.2) is 24.3 Å². The molecule has 2 N–H and O–H groups in total. The van der Waals surface area contributed by atoms with Crippen LogP contribution in [0.25, 0.3) is 0 Å². The van der Waals surface area contributed by atoms with Gasteiger partial charge in [0, 0.05) is 32.4 Å². The van der Waals surface area contributed by atoms with Crippen LogP contribution in [0.4, 0.5) is 5.95 Å². The maximum Gasteiger partial charge on any atom is 0.200 e. The molecule has 0 fully saturated rings. The van der Waals surface area contributed by atoms with E-state index in [2.05, 4.69) is 15.1 Å². The Morgan fingerprint density at radius 1 is 1.43 bits per heavy atom. The largest absolute Gasteiger partial charge is 0.369 e. The highest BCUT2D eigenvalue weighted by molar-refractivity contribution is 5.16. The molecule has 0 bridgehead atoms. The molecule has 2 rings (SSSR count). The molecule has 6 nitrogen and oxygen atoms in total. The van der Waals surface area contributed by atoms with E-state index in [0.29, 0.717) is 5.95 Å². The minimum atomic E-state index is 0.529. The summed E-state index contributed by atoms with van der Waals surface area (Å²) < 4.78 is 3.56. The van der Waals surface area contributed by atoms with Gasteiger partial charge in [0.1, 0.15) is 6.33 Å². The number of aromatic nitrogens is 5. The van der Waals surface area contributed by atoms with Crippen LogP contribution in [0.5, 0.6) is 0 Å². The van der Waals surface area contributed by atoms with Crippen LogP contribution < -0.4 is 5.73 Å². The summed E-state index contributed by atoms with van der Waals surface area (Å²) >= 11 is 0. The zero-order chi connectivity index (χ0) is 9.97. The molecule has 0 aliphatic carbocycles. The highest BCUT2D eigenvalue weighted by Gasteiger charge is 2.01. The number of rotatable bonds is 3. The number of imidazole rings is 1. The molecule has 2 aromatic rings. The van der Waals surface area contributed by atoms with Gasteiger partial charge >= 0.3 is 0 Å². The molecule has 0 aliphatic heterocycles. The normalized spacial score (nSPS) is 10.6. The molecule has 74 valence electrons. The van der Waals surface area contributed by atoms with Crippen molar-refractivity contribution in [2.45, 2.75) is 13.0 Å². The van der Waals surface area contributed by atoms with Gasteiger partial charge < -0.3 is 10.3 Å². The lowest BCUT2D eigenvalue weighted by molar-refractivity contribution is 0.665. The van der Waals surface area contributed by atoms with Gasteiger partial charge in [0.2, 0.25) is 0 Å². The van der Waals surface area contributed by atoms with Crippen molar-refractivity contribution in [3.63, 3.8) is 0 Å². The molecule has 0 saturated heterocycles. The quantitative estimate of drug-likeness (QED) is 0.733. The Kier molecular flexibility index (Phi) is 2.18. The topological polar surface area (TPSA) is 74.5 Å². The monoisotopic (exact) mass is 192 g/mol. The first kappa shape index (κ1) is 8.74. The highest BCUT2D eigenvalue weighted by atomic mass is 15.3. The van der Waals surface area contributed by atoms with Gasteiger partial charge in [0.05, 0.1) is 0 Å². The van der Waals surface area contributed by atoms with E-state index in [9.17, 15) is 0 Å². The molecule has 2 heterocycles. The van der Waals surface area contributed by atoms with Crippen LogP contribution in [0.1, 0.15) is 5.82 Å². The summed E-state index contributed by atoms with van der Waals surface area (Å²) in [6.45, 7) is 0.760. The highest BCUT2D eigenvalue weighted by Crippen LogP contribution is 2.00. The number of hydrogen-bond acceptors (Lipinski definition) is 4. The number of aryl methyl sites for hydroxylation is 3. The van der Waals surface area contributed by atoms with Gasteiger partial charge in [-0.3, -0.25) is 4.68 Å². The fraction of sp³-hybridized carbons (Fsp3) is 0.375. The summed E-state index contributed by atoms with van der Waals surface area (Å²) in [6, 6.07) is 0. The number of nitrogens with two attached hydrogens (primary N) is 1. The second-order valence-electron chi connectivity index (χ2n) is 3.06. The molecule has 0 unspecified atom stereocenters. The van der Waals surface area contributed by atoms with Crippen LogP contribution in [0.15, 0.2) is 18.7 Å². The molecule has 0 aromatic carbocycles. The summed E-state index contributed by atoms with van der Waals surface area (Å²) in [4.78, 5) is 8.05. The lowest BCUT2D eigenvalue weighted by Crippen LogP contribution is -2.05. The third-order valence-corrected chi connectivity index (χ3v) is 1.97. The zero-order valence-electron chi connectivity index (χ0n) is 7.96. The second kappa shape index (κ2) is 3.49. The third-order valence-electron chi connectivity index (χ3n) is 1.97. The second-order valence-corrected chi connectivity index (χ2v) is 3.06. The van der Waals surface area contributed by atoms with E-state index in [4.69, 9.17) is 5.73 Å². The van der Waals surface area contributed by atoms with Crippen molar-refractivity contribution in [2.75, 3.05) is 5.73 Å². The number of anilines is 1. The molecule has 6 heteroatoms. The van der Waals surface area contributed by atoms with Gasteiger partial charge in [-0.25, -0.2) is 9.97 Å². The summed E-state index contributed by atoms with van der Waals surface area (Å²) in [5.74, 6) is 1.35. The molecule has 0 saturated carbocycles. The van der Waals surface area contributed by atoms with Gasteiger partial charge in [-0.1, -0.05) is 0 Å². The SMILES string of the molecule is Cn1cnc(CCn2ccnc2N)n1. The van der Waals surface area contributed by atoms with Crippen molar-refractivity contribution in [3.05, 3.63) is 24.5 Å². The number of nitrogen functional groups attached to an aromatic ring is 1. The Hall–Kier alpha value is -1.85. The maximum absolute atomic E-state index is 5.62. The Morgan fingerprint density at radius 3 is 2.86 bits per heavy atom. The molecule has 2 aromatic heterocycles. The summed E-state index contributed by atoms with van der Waals surface area (Å²) in [5.41, 5.74) is 5.62. The Morgan fingerprint density at radius 2 is 2.29 bits per heavy atom. The zero-order valence-corrected chi connectivity index (χ0v) is 7.96. The van der Waals surface area contributed by atoms with Crippen molar-refractivity contribution in [1.29, 1.82) is 0 Å². The molecule has 14 heavy (non-hydrogen) atoms. The first-order valence-electron chi connectivity index (χ1n) is 4.37. The van der Waals surface area contributed by atoms with Gasteiger partial charge in [-0.05, 0) is 0 Å². The standard InChI is InChI=1S/C8H12N6/c1-13-6-11-7(12-13)2-4-14-5-3-10-8(14)9/h3,5-6H,2,4H2,1H3,(H2,9,10). The van der Waals surface area contributed by atoms with Crippen molar-refractivity contribution < 1.29 is 0 Å². The first-order valence-corrected chi connectivity index (χ1v) is 4.37.